The van der Waals surface area contributed by atoms with Crippen molar-refractivity contribution in [2.75, 3.05) is 33.3 Å². The lowest BCUT2D eigenvalue weighted by atomic mass is 10.00. The third-order valence-corrected chi connectivity index (χ3v) is 8.36. The van der Waals surface area contributed by atoms with Gasteiger partial charge in [-0.3, -0.25) is 14.4 Å². The summed E-state index contributed by atoms with van der Waals surface area (Å²) in [5, 5.41) is 3.03. The number of nitrogens with one attached hydrogen (secondary N) is 1. The minimum Gasteiger partial charge on any atom is -0.468 e. The van der Waals surface area contributed by atoms with Gasteiger partial charge in [0.1, 0.15) is 6.04 Å². The van der Waals surface area contributed by atoms with Crippen molar-refractivity contribution in [1.82, 2.24) is 14.6 Å². The average Bonchev–Trinajstić information content (AvgIpc) is 3.41. The number of methoxy groups -OCH3 is 1. The molecule has 0 bridgehead atoms. The first-order valence-corrected chi connectivity index (χ1v) is 16.7. The quantitative estimate of drug-likeness (QED) is 0.104. The van der Waals surface area contributed by atoms with Crippen LogP contribution in [0.2, 0.25) is 0 Å². The van der Waals surface area contributed by atoms with Crippen molar-refractivity contribution >= 4 is 23.1 Å². The SMILES string of the molecule is CCCCc1cc2cc(C(=O)CCN[C@@H](C)C(=O)OC)ccn2c1C(=O)c1ccc(CCCN(CCCC)CCCC)cc1. The second kappa shape index (κ2) is 18.5. The zero-order chi connectivity index (χ0) is 31.9. The zero-order valence-corrected chi connectivity index (χ0v) is 27.6. The number of benzene rings is 1. The van der Waals surface area contributed by atoms with E-state index in [0.717, 1.165) is 49.7 Å². The highest BCUT2D eigenvalue weighted by atomic mass is 16.5. The van der Waals surface area contributed by atoms with Crippen LogP contribution in [0.4, 0.5) is 0 Å². The van der Waals surface area contributed by atoms with Crippen LogP contribution in [0.5, 0.6) is 0 Å². The van der Waals surface area contributed by atoms with Crippen molar-refractivity contribution in [3.8, 4) is 0 Å². The van der Waals surface area contributed by atoms with Gasteiger partial charge >= 0.3 is 5.97 Å². The molecule has 1 atom stereocenters. The number of hydrogen-bond donors (Lipinski definition) is 1. The normalized spacial score (nSPS) is 12.1. The number of hydrogen-bond acceptors (Lipinski definition) is 6. The largest absolute Gasteiger partial charge is 0.468 e. The van der Waals surface area contributed by atoms with Crippen LogP contribution >= 0.6 is 0 Å². The molecule has 3 rings (SSSR count). The maximum Gasteiger partial charge on any atom is 0.322 e. The number of esters is 1. The summed E-state index contributed by atoms with van der Waals surface area (Å²) in [6.07, 6.45) is 12.0. The molecule has 2 heterocycles. The number of aromatic nitrogens is 1. The molecule has 44 heavy (non-hydrogen) atoms. The Morgan fingerprint density at radius 1 is 0.841 bits per heavy atom. The van der Waals surface area contributed by atoms with E-state index in [9.17, 15) is 14.4 Å². The fourth-order valence-electron chi connectivity index (χ4n) is 5.59. The number of ketones is 2. The number of Topliss-reactive ketones (excluding diaryl/α,β-unsaturated/α-hetero) is 1. The smallest absolute Gasteiger partial charge is 0.322 e. The van der Waals surface area contributed by atoms with Gasteiger partial charge in [0.2, 0.25) is 5.78 Å². The Balaban J connectivity index is 1.71. The van der Waals surface area contributed by atoms with Gasteiger partial charge < -0.3 is 19.4 Å². The monoisotopic (exact) mass is 603 g/mol. The van der Waals surface area contributed by atoms with Crippen molar-refractivity contribution in [3.63, 3.8) is 0 Å². The maximum absolute atomic E-state index is 13.9. The van der Waals surface area contributed by atoms with E-state index in [0.29, 0.717) is 23.4 Å². The Bertz CT molecular complexity index is 1340. The number of pyridine rings is 1. The predicted molar refractivity (Wildman–Crippen MR) is 179 cm³/mol. The molecule has 0 aliphatic carbocycles. The number of nitrogens with zero attached hydrogens (tertiary/aromatic N) is 2. The number of fused-ring (bicyclic) bond motifs is 1. The Morgan fingerprint density at radius 3 is 2.14 bits per heavy atom. The molecule has 0 saturated heterocycles. The molecule has 7 heteroatoms. The summed E-state index contributed by atoms with van der Waals surface area (Å²) in [6, 6.07) is 13.4. The molecular formula is C37H53N3O4. The highest BCUT2D eigenvalue weighted by Crippen LogP contribution is 2.24. The zero-order valence-electron chi connectivity index (χ0n) is 27.6. The molecule has 0 spiro atoms. The van der Waals surface area contributed by atoms with Crippen LogP contribution in [0.25, 0.3) is 5.52 Å². The van der Waals surface area contributed by atoms with Gasteiger partial charge in [-0.2, -0.15) is 0 Å². The number of aryl methyl sites for hydroxylation is 2. The molecule has 3 aromatic rings. The Hall–Kier alpha value is -3.29. The minimum atomic E-state index is -0.471. The van der Waals surface area contributed by atoms with Crippen LogP contribution in [0.1, 0.15) is 117 Å². The lowest BCUT2D eigenvalue weighted by molar-refractivity contribution is -0.142. The summed E-state index contributed by atoms with van der Waals surface area (Å²) in [5.41, 5.74) is 5.07. The molecule has 1 aromatic carbocycles. The van der Waals surface area contributed by atoms with Crippen LogP contribution < -0.4 is 5.32 Å². The molecule has 0 aliphatic heterocycles. The molecular weight excluding hydrogens is 550 g/mol. The van der Waals surface area contributed by atoms with Crippen LogP contribution in [0, 0.1) is 0 Å². The molecule has 0 aliphatic rings. The summed E-state index contributed by atoms with van der Waals surface area (Å²) in [4.78, 5) is 41.0. The summed E-state index contributed by atoms with van der Waals surface area (Å²) >= 11 is 0. The van der Waals surface area contributed by atoms with Crippen molar-refractivity contribution in [2.24, 2.45) is 0 Å². The van der Waals surface area contributed by atoms with Crippen molar-refractivity contribution in [2.45, 2.75) is 97.9 Å². The lowest BCUT2D eigenvalue weighted by Gasteiger charge is -2.21. The van der Waals surface area contributed by atoms with Crippen LogP contribution in [-0.2, 0) is 22.4 Å². The standard InChI is InChI=1S/C37H53N3O4/c1-6-9-14-32-27-33-26-31(34(41)19-21-38-28(4)37(43)44-5)20-25-40(33)35(32)36(42)30-17-15-29(16-18-30)13-12-24-39(22-10-7-2)23-11-8-3/h15-18,20,25-28,38H,6-14,19,21-24H2,1-5H3/t28-/m0/s1. The van der Waals surface area contributed by atoms with Gasteiger partial charge in [0.25, 0.3) is 0 Å². The highest BCUT2D eigenvalue weighted by molar-refractivity contribution is 6.10. The van der Waals surface area contributed by atoms with E-state index in [1.54, 1.807) is 13.0 Å². The maximum atomic E-state index is 13.9. The first kappa shape index (κ1) is 35.2. The topological polar surface area (TPSA) is 80.1 Å². The highest BCUT2D eigenvalue weighted by Gasteiger charge is 2.20. The first-order valence-electron chi connectivity index (χ1n) is 16.7. The molecule has 1 N–H and O–H groups in total. The van der Waals surface area contributed by atoms with E-state index in [1.165, 1.54) is 51.4 Å². The van der Waals surface area contributed by atoms with Gasteiger partial charge in [-0.1, -0.05) is 64.3 Å². The van der Waals surface area contributed by atoms with Gasteiger partial charge in [0.05, 0.1) is 12.8 Å². The number of unbranched alkanes of at least 4 members (excludes halogenated alkanes) is 3. The van der Waals surface area contributed by atoms with E-state index in [2.05, 4.69) is 49.2 Å². The molecule has 0 saturated carbocycles. The van der Waals surface area contributed by atoms with E-state index in [1.807, 2.05) is 28.8 Å². The fourth-order valence-corrected chi connectivity index (χ4v) is 5.59. The van der Waals surface area contributed by atoms with Gasteiger partial charge in [-0.05, 0) is 94.4 Å². The van der Waals surface area contributed by atoms with Crippen LogP contribution in [-0.4, -0.2) is 66.2 Å². The Morgan fingerprint density at radius 2 is 1.50 bits per heavy atom. The number of rotatable bonds is 21. The van der Waals surface area contributed by atoms with E-state index in [4.69, 9.17) is 4.74 Å². The third-order valence-electron chi connectivity index (χ3n) is 8.36. The summed E-state index contributed by atoms with van der Waals surface area (Å²) in [6.45, 7) is 12.2. The van der Waals surface area contributed by atoms with Crippen molar-refractivity contribution < 1.29 is 19.1 Å². The minimum absolute atomic E-state index is 0.00744. The average molecular weight is 604 g/mol. The van der Waals surface area contributed by atoms with Crippen molar-refractivity contribution in [3.05, 3.63) is 76.6 Å². The second-order valence-electron chi connectivity index (χ2n) is 11.9. The summed E-state index contributed by atoms with van der Waals surface area (Å²) in [7, 11) is 1.35. The fraction of sp³-hybridized carbons (Fsp3) is 0.541. The van der Waals surface area contributed by atoms with E-state index >= 15 is 0 Å². The molecule has 2 aromatic heterocycles. The number of carbonyl (C=O) groups excluding carboxylic acids is 3. The number of ether oxygens (including phenoxy) is 1. The molecule has 0 amide bonds. The summed E-state index contributed by atoms with van der Waals surface area (Å²) in [5.74, 6) is -0.367. The molecule has 240 valence electrons. The van der Waals surface area contributed by atoms with Crippen LogP contribution in [0.15, 0.2) is 48.7 Å². The lowest BCUT2D eigenvalue weighted by Crippen LogP contribution is -2.36. The molecule has 7 nitrogen and oxygen atoms in total. The molecule has 0 unspecified atom stereocenters. The predicted octanol–water partition coefficient (Wildman–Crippen LogP) is 7.07. The molecule has 0 radical (unpaired) electrons. The number of carbonyl (C=O) groups is 3. The van der Waals surface area contributed by atoms with Gasteiger partial charge in [0, 0.05) is 35.8 Å². The van der Waals surface area contributed by atoms with Crippen LogP contribution in [0.3, 0.4) is 0 Å². The van der Waals surface area contributed by atoms with Crippen molar-refractivity contribution in [1.29, 1.82) is 0 Å². The van der Waals surface area contributed by atoms with Gasteiger partial charge in [-0.25, -0.2) is 0 Å². The summed E-state index contributed by atoms with van der Waals surface area (Å²) < 4.78 is 6.65. The van der Waals surface area contributed by atoms with Gasteiger partial charge in [0.15, 0.2) is 5.78 Å². The van der Waals surface area contributed by atoms with E-state index < -0.39 is 6.04 Å². The van der Waals surface area contributed by atoms with Gasteiger partial charge in [-0.15, -0.1) is 0 Å². The Labute approximate surface area is 264 Å². The Kier molecular flexibility index (Phi) is 14.8. The molecule has 0 fully saturated rings. The second-order valence-corrected chi connectivity index (χ2v) is 11.9. The third kappa shape index (κ3) is 10.1. The van der Waals surface area contributed by atoms with E-state index in [-0.39, 0.29) is 24.0 Å². The first-order chi connectivity index (χ1) is 21.3.